The summed E-state index contributed by atoms with van der Waals surface area (Å²) in [4.78, 5) is 36.2. The number of carbonyl (C=O) groups excluding carboxylic acids is 3. The van der Waals surface area contributed by atoms with Gasteiger partial charge in [-0.05, 0) is 19.1 Å². The molecule has 1 aromatic rings. The van der Waals surface area contributed by atoms with Crippen LogP contribution in [0.15, 0.2) is 36.5 Å². The minimum absolute atomic E-state index is 0.154. The Morgan fingerprint density at radius 3 is 2.17 bits per heavy atom. The van der Waals surface area contributed by atoms with E-state index in [1.54, 1.807) is 19.1 Å². The summed E-state index contributed by atoms with van der Waals surface area (Å²) in [6, 6.07) is 6.38. The summed E-state index contributed by atoms with van der Waals surface area (Å²) in [5.74, 6) is -1.87. The summed E-state index contributed by atoms with van der Waals surface area (Å²) < 4.78 is 4.73. The first-order chi connectivity index (χ1) is 8.57. The zero-order chi connectivity index (χ0) is 13.3. The average Bonchev–Trinajstić information content (AvgIpc) is 2.62. The zero-order valence-corrected chi connectivity index (χ0v) is 9.80. The lowest BCUT2D eigenvalue weighted by Gasteiger charge is -2.14. The number of ether oxygens (including phenoxy) is 1. The van der Waals surface area contributed by atoms with Crippen LogP contribution in [0.5, 0.6) is 0 Å². The number of carbonyl (C=O) groups is 3. The highest BCUT2D eigenvalue weighted by molar-refractivity contribution is 6.24. The molecule has 0 spiro atoms. The van der Waals surface area contributed by atoms with Crippen LogP contribution in [0.4, 0.5) is 0 Å². The van der Waals surface area contributed by atoms with Gasteiger partial charge in [0.1, 0.15) is 5.70 Å². The molecule has 18 heavy (non-hydrogen) atoms. The first kappa shape index (κ1) is 12.0. The second kappa shape index (κ2) is 4.44. The summed E-state index contributed by atoms with van der Waals surface area (Å²) in [6.45, 7) is 5.24. The van der Waals surface area contributed by atoms with Crippen LogP contribution < -0.4 is 0 Å². The summed E-state index contributed by atoms with van der Waals surface area (Å²) in [5.41, 5.74) is 0.281. The third-order valence-corrected chi connectivity index (χ3v) is 2.58. The lowest BCUT2D eigenvalue weighted by Crippen LogP contribution is -2.33. The normalized spacial score (nSPS) is 13.5. The molecule has 2 amide bonds. The van der Waals surface area contributed by atoms with Gasteiger partial charge >= 0.3 is 5.97 Å². The monoisotopic (exact) mass is 245 g/mol. The Balaban J connectivity index is 2.34. The molecule has 0 aromatic heterocycles. The molecular weight excluding hydrogens is 234 g/mol. The predicted octanol–water partition coefficient (Wildman–Crippen LogP) is 1.36. The predicted molar refractivity (Wildman–Crippen MR) is 62.7 cm³/mol. The molecule has 0 atom stereocenters. The van der Waals surface area contributed by atoms with E-state index in [1.807, 2.05) is 0 Å². The van der Waals surface area contributed by atoms with E-state index in [0.29, 0.717) is 0 Å². The Bertz CT molecular complexity index is 527. The van der Waals surface area contributed by atoms with Crippen molar-refractivity contribution in [3.63, 3.8) is 0 Å². The molecule has 0 saturated heterocycles. The van der Waals surface area contributed by atoms with Gasteiger partial charge in [0.25, 0.3) is 11.8 Å². The Kier molecular flexibility index (Phi) is 2.97. The Hall–Kier alpha value is -2.43. The number of amides is 2. The number of nitrogens with zero attached hydrogens (tertiary/aromatic N) is 1. The van der Waals surface area contributed by atoms with Crippen LogP contribution in [-0.2, 0) is 9.53 Å². The first-order valence-electron chi connectivity index (χ1n) is 5.41. The average molecular weight is 245 g/mol. The van der Waals surface area contributed by atoms with Crippen molar-refractivity contribution in [3.05, 3.63) is 47.7 Å². The number of fused-ring (bicyclic) bond motifs is 1. The number of esters is 1. The molecule has 0 radical (unpaired) electrons. The number of imide groups is 1. The van der Waals surface area contributed by atoms with Crippen molar-refractivity contribution in [3.8, 4) is 0 Å². The van der Waals surface area contributed by atoms with Crippen LogP contribution in [0, 0.1) is 0 Å². The smallest absolute Gasteiger partial charge is 0.354 e. The van der Waals surface area contributed by atoms with Crippen LogP contribution >= 0.6 is 0 Å². The van der Waals surface area contributed by atoms with Gasteiger partial charge in [-0.1, -0.05) is 18.7 Å². The number of benzene rings is 1. The van der Waals surface area contributed by atoms with Gasteiger partial charge < -0.3 is 4.74 Å². The maximum Gasteiger partial charge on any atom is 0.354 e. The zero-order valence-electron chi connectivity index (χ0n) is 9.80. The van der Waals surface area contributed by atoms with Gasteiger partial charge in [0.2, 0.25) is 0 Å². The van der Waals surface area contributed by atoms with Crippen molar-refractivity contribution >= 4 is 17.8 Å². The summed E-state index contributed by atoms with van der Waals surface area (Å²) in [7, 11) is 0. The van der Waals surface area contributed by atoms with Gasteiger partial charge in [-0.25, -0.2) is 9.69 Å². The maximum absolute atomic E-state index is 12.0. The summed E-state index contributed by atoms with van der Waals surface area (Å²) >= 11 is 0. The number of hydrogen-bond acceptors (Lipinski definition) is 4. The second-order valence-corrected chi connectivity index (χ2v) is 3.66. The minimum Gasteiger partial charge on any atom is -0.461 e. The van der Waals surface area contributed by atoms with E-state index in [2.05, 4.69) is 6.58 Å². The molecular formula is C13H11NO4. The third kappa shape index (κ3) is 1.69. The number of hydrogen-bond donors (Lipinski definition) is 0. The van der Waals surface area contributed by atoms with E-state index in [4.69, 9.17) is 4.74 Å². The molecule has 1 aliphatic heterocycles. The van der Waals surface area contributed by atoms with Crippen LogP contribution in [0.2, 0.25) is 0 Å². The van der Waals surface area contributed by atoms with Crippen molar-refractivity contribution in [2.24, 2.45) is 0 Å². The molecule has 0 bridgehead atoms. The van der Waals surface area contributed by atoms with Gasteiger partial charge in [0, 0.05) is 0 Å². The number of rotatable bonds is 3. The fourth-order valence-corrected chi connectivity index (χ4v) is 1.74. The molecule has 5 heteroatoms. The van der Waals surface area contributed by atoms with Crippen molar-refractivity contribution in [1.82, 2.24) is 4.90 Å². The summed E-state index contributed by atoms with van der Waals surface area (Å²) in [6.07, 6.45) is 0. The molecule has 0 fully saturated rings. The molecule has 1 heterocycles. The van der Waals surface area contributed by atoms with Crippen LogP contribution in [0.3, 0.4) is 0 Å². The van der Waals surface area contributed by atoms with E-state index in [9.17, 15) is 14.4 Å². The van der Waals surface area contributed by atoms with E-state index in [-0.39, 0.29) is 23.4 Å². The largest absolute Gasteiger partial charge is 0.461 e. The van der Waals surface area contributed by atoms with Gasteiger partial charge in [-0.2, -0.15) is 0 Å². The van der Waals surface area contributed by atoms with E-state index < -0.39 is 17.8 Å². The summed E-state index contributed by atoms with van der Waals surface area (Å²) in [5, 5.41) is 0. The first-order valence-corrected chi connectivity index (χ1v) is 5.41. The molecule has 1 aromatic carbocycles. The van der Waals surface area contributed by atoms with Crippen molar-refractivity contribution in [2.75, 3.05) is 6.61 Å². The van der Waals surface area contributed by atoms with E-state index >= 15 is 0 Å². The Labute approximate surface area is 104 Å². The standard InChI is InChI=1S/C13H11NO4/c1-3-18-13(17)8(2)14-11(15)9-6-4-5-7-10(9)12(14)16/h4-7H,2-3H2,1H3. The maximum atomic E-state index is 12.0. The SMILES string of the molecule is C=C(C(=O)OCC)N1C(=O)c2ccccc2C1=O. The Morgan fingerprint density at radius 2 is 1.72 bits per heavy atom. The van der Waals surface area contributed by atoms with Crippen LogP contribution in [-0.4, -0.2) is 29.3 Å². The van der Waals surface area contributed by atoms with E-state index in [0.717, 1.165) is 4.90 Å². The van der Waals surface area contributed by atoms with Crippen molar-refractivity contribution in [1.29, 1.82) is 0 Å². The van der Waals surface area contributed by atoms with Crippen molar-refractivity contribution in [2.45, 2.75) is 6.92 Å². The topological polar surface area (TPSA) is 63.7 Å². The fraction of sp³-hybridized carbons (Fsp3) is 0.154. The van der Waals surface area contributed by atoms with Gasteiger partial charge in [0.15, 0.2) is 0 Å². The molecule has 0 unspecified atom stereocenters. The molecule has 0 aliphatic carbocycles. The van der Waals surface area contributed by atoms with Crippen LogP contribution in [0.25, 0.3) is 0 Å². The van der Waals surface area contributed by atoms with Crippen LogP contribution in [0.1, 0.15) is 27.6 Å². The quantitative estimate of drug-likeness (QED) is 0.458. The van der Waals surface area contributed by atoms with E-state index in [1.165, 1.54) is 12.1 Å². The lowest BCUT2D eigenvalue weighted by atomic mass is 10.1. The minimum atomic E-state index is -0.771. The molecule has 5 nitrogen and oxygen atoms in total. The Morgan fingerprint density at radius 1 is 1.22 bits per heavy atom. The van der Waals surface area contributed by atoms with Gasteiger partial charge in [-0.15, -0.1) is 0 Å². The van der Waals surface area contributed by atoms with Crippen molar-refractivity contribution < 1.29 is 19.1 Å². The van der Waals surface area contributed by atoms with Gasteiger partial charge in [-0.3, -0.25) is 9.59 Å². The highest BCUT2D eigenvalue weighted by Gasteiger charge is 2.39. The molecule has 0 saturated carbocycles. The second-order valence-electron chi connectivity index (χ2n) is 3.66. The highest BCUT2D eigenvalue weighted by Crippen LogP contribution is 2.25. The molecule has 0 N–H and O–H groups in total. The fourth-order valence-electron chi connectivity index (χ4n) is 1.74. The third-order valence-electron chi connectivity index (χ3n) is 2.58. The molecule has 92 valence electrons. The lowest BCUT2D eigenvalue weighted by molar-refractivity contribution is -0.139. The highest BCUT2D eigenvalue weighted by atomic mass is 16.5. The molecule has 1 aliphatic rings. The van der Waals surface area contributed by atoms with Gasteiger partial charge in [0.05, 0.1) is 17.7 Å². The molecule has 2 rings (SSSR count).